The van der Waals surface area contributed by atoms with E-state index in [4.69, 9.17) is 11.6 Å². The highest BCUT2D eigenvalue weighted by Gasteiger charge is 2.40. The van der Waals surface area contributed by atoms with Crippen LogP contribution in [0.5, 0.6) is 0 Å². The molecule has 0 radical (unpaired) electrons. The van der Waals surface area contributed by atoms with E-state index in [1.807, 2.05) is 32.0 Å². The molecule has 5 heteroatoms. The second-order valence-electron chi connectivity index (χ2n) is 5.50. The molecule has 3 unspecified atom stereocenters. The van der Waals surface area contributed by atoms with E-state index in [0.717, 1.165) is 12.0 Å². The SMILES string of the molecule is CCCC1NC(=O)C(C)N(C(C)c2cccc(Cl)c2)C1=O. The molecule has 0 aromatic heterocycles. The van der Waals surface area contributed by atoms with E-state index in [1.54, 1.807) is 17.9 Å². The Labute approximate surface area is 130 Å². The quantitative estimate of drug-likeness (QED) is 0.929. The van der Waals surface area contributed by atoms with Crippen LogP contribution >= 0.6 is 11.6 Å². The molecule has 1 aliphatic rings. The van der Waals surface area contributed by atoms with Gasteiger partial charge in [0.2, 0.25) is 11.8 Å². The fourth-order valence-electron chi connectivity index (χ4n) is 2.79. The van der Waals surface area contributed by atoms with Crippen LogP contribution in [-0.2, 0) is 9.59 Å². The maximum absolute atomic E-state index is 12.6. The molecule has 1 heterocycles. The number of rotatable bonds is 4. The Balaban J connectivity index is 2.30. The van der Waals surface area contributed by atoms with E-state index in [2.05, 4.69) is 5.32 Å². The Bertz CT molecular complexity index is 547. The van der Waals surface area contributed by atoms with Crippen LogP contribution in [0.15, 0.2) is 24.3 Å². The van der Waals surface area contributed by atoms with Crippen molar-refractivity contribution in [1.82, 2.24) is 10.2 Å². The van der Waals surface area contributed by atoms with Gasteiger partial charge in [-0.05, 0) is 38.0 Å². The molecule has 1 aromatic carbocycles. The van der Waals surface area contributed by atoms with Crippen LogP contribution in [0.25, 0.3) is 0 Å². The Hall–Kier alpha value is -1.55. The lowest BCUT2D eigenvalue weighted by molar-refractivity contribution is -0.151. The van der Waals surface area contributed by atoms with Gasteiger partial charge in [0, 0.05) is 5.02 Å². The zero-order valence-electron chi connectivity index (χ0n) is 12.6. The van der Waals surface area contributed by atoms with E-state index in [0.29, 0.717) is 11.4 Å². The Morgan fingerprint density at radius 3 is 2.71 bits per heavy atom. The van der Waals surface area contributed by atoms with Gasteiger partial charge in [0.15, 0.2) is 0 Å². The van der Waals surface area contributed by atoms with Gasteiger partial charge in [-0.25, -0.2) is 0 Å². The second kappa shape index (κ2) is 6.48. The number of hydrogen-bond donors (Lipinski definition) is 1. The minimum atomic E-state index is -0.473. The van der Waals surface area contributed by atoms with Crippen molar-refractivity contribution < 1.29 is 9.59 Å². The number of benzene rings is 1. The summed E-state index contributed by atoms with van der Waals surface area (Å²) in [6.45, 7) is 5.69. The molecule has 21 heavy (non-hydrogen) atoms. The highest BCUT2D eigenvalue weighted by molar-refractivity contribution is 6.30. The number of nitrogens with zero attached hydrogens (tertiary/aromatic N) is 1. The minimum Gasteiger partial charge on any atom is -0.343 e. The van der Waals surface area contributed by atoms with Crippen molar-refractivity contribution in [1.29, 1.82) is 0 Å². The van der Waals surface area contributed by atoms with Crippen molar-refractivity contribution in [3.8, 4) is 0 Å². The summed E-state index contributed by atoms with van der Waals surface area (Å²) in [6.07, 6.45) is 1.51. The molecule has 3 atom stereocenters. The van der Waals surface area contributed by atoms with Gasteiger partial charge in [-0.1, -0.05) is 37.1 Å². The molecule has 0 saturated carbocycles. The first-order chi connectivity index (χ1) is 9.95. The number of halogens is 1. The number of hydrogen-bond acceptors (Lipinski definition) is 2. The lowest BCUT2D eigenvalue weighted by Gasteiger charge is -2.41. The van der Waals surface area contributed by atoms with Gasteiger partial charge in [0.05, 0.1) is 6.04 Å². The largest absolute Gasteiger partial charge is 0.343 e. The Kier molecular flexibility index (Phi) is 4.88. The highest BCUT2D eigenvalue weighted by Crippen LogP contribution is 2.28. The smallest absolute Gasteiger partial charge is 0.246 e. The monoisotopic (exact) mass is 308 g/mol. The predicted molar refractivity (Wildman–Crippen MR) is 83.0 cm³/mol. The average Bonchev–Trinajstić information content (AvgIpc) is 2.45. The number of carbonyl (C=O) groups excluding carboxylic acids is 2. The van der Waals surface area contributed by atoms with Gasteiger partial charge >= 0.3 is 0 Å². The summed E-state index contributed by atoms with van der Waals surface area (Å²) in [5.41, 5.74) is 0.938. The Morgan fingerprint density at radius 1 is 1.38 bits per heavy atom. The summed E-state index contributed by atoms with van der Waals surface area (Å²) in [5, 5.41) is 3.44. The van der Waals surface area contributed by atoms with E-state index in [1.165, 1.54) is 0 Å². The van der Waals surface area contributed by atoms with Gasteiger partial charge in [0.1, 0.15) is 12.1 Å². The van der Waals surface area contributed by atoms with Crippen LogP contribution < -0.4 is 5.32 Å². The zero-order chi connectivity index (χ0) is 15.6. The molecular weight excluding hydrogens is 288 g/mol. The van der Waals surface area contributed by atoms with Crippen LogP contribution in [0, 0.1) is 0 Å². The third-order valence-electron chi connectivity index (χ3n) is 3.99. The van der Waals surface area contributed by atoms with Crippen LogP contribution in [0.1, 0.15) is 45.2 Å². The van der Waals surface area contributed by atoms with Crippen LogP contribution in [0.3, 0.4) is 0 Å². The predicted octanol–water partition coefficient (Wildman–Crippen LogP) is 2.92. The maximum atomic E-state index is 12.6. The van der Waals surface area contributed by atoms with Crippen molar-refractivity contribution in [2.75, 3.05) is 0 Å². The van der Waals surface area contributed by atoms with Crippen LogP contribution in [-0.4, -0.2) is 28.8 Å². The molecule has 0 aliphatic carbocycles. The molecule has 1 aliphatic heterocycles. The van der Waals surface area contributed by atoms with Gasteiger partial charge in [-0.15, -0.1) is 0 Å². The summed E-state index contributed by atoms with van der Waals surface area (Å²) >= 11 is 6.02. The molecule has 1 aromatic rings. The first-order valence-corrected chi connectivity index (χ1v) is 7.71. The van der Waals surface area contributed by atoms with Crippen molar-refractivity contribution >= 4 is 23.4 Å². The van der Waals surface area contributed by atoms with Gasteiger partial charge < -0.3 is 10.2 Å². The number of piperazine rings is 1. The fraction of sp³-hybridized carbons (Fsp3) is 0.500. The van der Waals surface area contributed by atoms with Gasteiger partial charge in [-0.3, -0.25) is 9.59 Å². The molecule has 1 fully saturated rings. The summed E-state index contributed by atoms with van der Waals surface area (Å²) in [6, 6.07) is 6.35. The van der Waals surface area contributed by atoms with E-state index in [-0.39, 0.29) is 17.9 Å². The summed E-state index contributed by atoms with van der Waals surface area (Å²) in [5.74, 6) is -0.113. The molecular formula is C16H21ClN2O2. The highest BCUT2D eigenvalue weighted by atomic mass is 35.5. The third kappa shape index (κ3) is 3.21. The maximum Gasteiger partial charge on any atom is 0.246 e. The van der Waals surface area contributed by atoms with E-state index < -0.39 is 12.1 Å². The molecule has 2 amide bonds. The zero-order valence-corrected chi connectivity index (χ0v) is 13.4. The molecule has 1 N–H and O–H groups in total. The lowest BCUT2D eigenvalue weighted by Crippen LogP contribution is -2.62. The first-order valence-electron chi connectivity index (χ1n) is 7.33. The third-order valence-corrected chi connectivity index (χ3v) is 4.23. The normalized spacial score (nSPS) is 23.9. The lowest BCUT2D eigenvalue weighted by atomic mass is 9.99. The first kappa shape index (κ1) is 15.8. The van der Waals surface area contributed by atoms with Crippen molar-refractivity contribution in [2.24, 2.45) is 0 Å². The summed E-state index contributed by atoms with van der Waals surface area (Å²) in [7, 11) is 0. The minimum absolute atomic E-state index is 0.0172. The fourth-order valence-corrected chi connectivity index (χ4v) is 2.99. The van der Waals surface area contributed by atoms with Gasteiger partial charge in [-0.2, -0.15) is 0 Å². The summed E-state index contributed by atoms with van der Waals surface area (Å²) < 4.78 is 0. The Morgan fingerprint density at radius 2 is 2.10 bits per heavy atom. The molecule has 1 saturated heterocycles. The van der Waals surface area contributed by atoms with Gasteiger partial charge in [0.25, 0.3) is 0 Å². The second-order valence-corrected chi connectivity index (χ2v) is 5.94. The van der Waals surface area contributed by atoms with Crippen molar-refractivity contribution in [3.05, 3.63) is 34.9 Å². The molecule has 0 bridgehead atoms. The molecule has 0 spiro atoms. The molecule has 114 valence electrons. The number of nitrogens with one attached hydrogen (secondary N) is 1. The standard InChI is InChI=1S/C16H21ClN2O2/c1-4-6-14-16(21)19(11(3)15(20)18-14)10(2)12-7-5-8-13(17)9-12/h5,7-11,14H,4,6H2,1-3H3,(H,18,20). The van der Waals surface area contributed by atoms with Crippen LogP contribution in [0.4, 0.5) is 0 Å². The van der Waals surface area contributed by atoms with Crippen LogP contribution in [0.2, 0.25) is 5.02 Å². The van der Waals surface area contributed by atoms with E-state index in [9.17, 15) is 9.59 Å². The average molecular weight is 309 g/mol. The molecule has 4 nitrogen and oxygen atoms in total. The van der Waals surface area contributed by atoms with Crippen molar-refractivity contribution in [3.63, 3.8) is 0 Å². The van der Waals surface area contributed by atoms with Crippen molar-refractivity contribution in [2.45, 2.75) is 51.7 Å². The number of amides is 2. The number of carbonyl (C=O) groups is 2. The van der Waals surface area contributed by atoms with E-state index >= 15 is 0 Å². The topological polar surface area (TPSA) is 49.4 Å². The summed E-state index contributed by atoms with van der Waals surface area (Å²) in [4.78, 5) is 26.4. The molecule has 2 rings (SSSR count).